The molecule has 0 radical (unpaired) electrons. The highest BCUT2D eigenvalue weighted by Crippen LogP contribution is 2.31. The first kappa shape index (κ1) is 9.46. The van der Waals surface area contributed by atoms with Gasteiger partial charge in [-0.05, 0) is 31.7 Å². The number of carbonyl (C=O) groups is 1. The molecule has 15 heavy (non-hydrogen) atoms. The summed E-state index contributed by atoms with van der Waals surface area (Å²) in [4.78, 5) is 13.7. The van der Waals surface area contributed by atoms with Crippen LogP contribution in [-0.4, -0.2) is 42.8 Å². The van der Waals surface area contributed by atoms with E-state index in [9.17, 15) is 4.79 Å². The van der Waals surface area contributed by atoms with Crippen molar-refractivity contribution in [2.75, 3.05) is 19.6 Å². The van der Waals surface area contributed by atoms with Gasteiger partial charge in [-0.3, -0.25) is 4.90 Å². The lowest BCUT2D eigenvalue weighted by Crippen LogP contribution is -2.50. The summed E-state index contributed by atoms with van der Waals surface area (Å²) in [6.07, 6.45) is 4.94. The number of nitrogens with zero attached hydrogens (tertiary/aromatic N) is 1. The molecule has 2 unspecified atom stereocenters. The van der Waals surface area contributed by atoms with E-state index in [4.69, 9.17) is 4.74 Å². The van der Waals surface area contributed by atoms with Crippen molar-refractivity contribution in [3.63, 3.8) is 0 Å². The lowest BCUT2D eigenvalue weighted by Gasteiger charge is -2.34. The van der Waals surface area contributed by atoms with Gasteiger partial charge in [0.1, 0.15) is 6.10 Å². The Morgan fingerprint density at radius 1 is 1.40 bits per heavy atom. The summed E-state index contributed by atoms with van der Waals surface area (Å²) in [6.45, 7) is 2.80. The Kier molecular flexibility index (Phi) is 2.31. The van der Waals surface area contributed by atoms with Crippen LogP contribution in [0.5, 0.6) is 0 Å². The van der Waals surface area contributed by atoms with Crippen molar-refractivity contribution in [3.8, 4) is 0 Å². The molecule has 1 saturated carbocycles. The molecule has 0 aromatic heterocycles. The van der Waals surface area contributed by atoms with Gasteiger partial charge >= 0.3 is 6.09 Å². The zero-order valence-corrected chi connectivity index (χ0v) is 8.95. The van der Waals surface area contributed by atoms with E-state index in [1.54, 1.807) is 0 Å². The summed E-state index contributed by atoms with van der Waals surface area (Å²) in [5, 5.41) is 3.34. The second-order valence-electron chi connectivity index (χ2n) is 4.93. The van der Waals surface area contributed by atoms with E-state index in [1.807, 2.05) is 4.90 Å². The van der Waals surface area contributed by atoms with E-state index in [0.29, 0.717) is 6.04 Å². The topological polar surface area (TPSA) is 41.6 Å². The highest BCUT2D eigenvalue weighted by molar-refractivity contribution is 5.70. The van der Waals surface area contributed by atoms with E-state index in [0.717, 1.165) is 32.0 Å². The standard InChI is InChI=1S/C11H18N2O2/c14-11-13(7-8-2-1-3-8)9-6-12-5-4-10(9)15-11/h8-10,12H,1-7H2. The van der Waals surface area contributed by atoms with Crippen LogP contribution in [-0.2, 0) is 4.74 Å². The van der Waals surface area contributed by atoms with Crippen LogP contribution in [0.1, 0.15) is 25.7 Å². The zero-order chi connectivity index (χ0) is 10.3. The van der Waals surface area contributed by atoms with E-state index < -0.39 is 0 Å². The second kappa shape index (κ2) is 3.67. The van der Waals surface area contributed by atoms with Crippen LogP contribution in [0.3, 0.4) is 0 Å². The fourth-order valence-electron chi connectivity index (χ4n) is 2.76. The third kappa shape index (κ3) is 1.61. The first-order valence-electron chi connectivity index (χ1n) is 6.02. The van der Waals surface area contributed by atoms with Crippen molar-refractivity contribution in [3.05, 3.63) is 0 Å². The molecule has 0 bridgehead atoms. The van der Waals surface area contributed by atoms with Crippen LogP contribution in [0.4, 0.5) is 4.79 Å². The Balaban J connectivity index is 1.66. The van der Waals surface area contributed by atoms with Crippen molar-refractivity contribution in [1.82, 2.24) is 10.2 Å². The Hall–Kier alpha value is -0.770. The molecule has 0 spiro atoms. The van der Waals surface area contributed by atoms with Crippen LogP contribution < -0.4 is 5.32 Å². The molecule has 84 valence electrons. The fourth-order valence-corrected chi connectivity index (χ4v) is 2.76. The van der Waals surface area contributed by atoms with E-state index >= 15 is 0 Å². The third-order valence-corrected chi connectivity index (χ3v) is 3.95. The molecular formula is C11H18N2O2. The van der Waals surface area contributed by atoms with Gasteiger partial charge in [0.2, 0.25) is 0 Å². The normalized spacial score (nSPS) is 36.0. The van der Waals surface area contributed by atoms with Gasteiger partial charge in [0.25, 0.3) is 0 Å². The monoisotopic (exact) mass is 210 g/mol. The summed E-state index contributed by atoms with van der Waals surface area (Å²) in [6, 6.07) is 0.298. The molecule has 2 atom stereocenters. The maximum atomic E-state index is 11.7. The summed E-state index contributed by atoms with van der Waals surface area (Å²) in [5.41, 5.74) is 0. The van der Waals surface area contributed by atoms with Crippen LogP contribution in [0, 0.1) is 5.92 Å². The Labute approximate surface area is 90.0 Å². The Morgan fingerprint density at radius 2 is 2.27 bits per heavy atom. The first-order chi connectivity index (χ1) is 7.34. The minimum absolute atomic E-state index is 0.0828. The molecule has 3 fully saturated rings. The Morgan fingerprint density at radius 3 is 3.00 bits per heavy atom. The van der Waals surface area contributed by atoms with Gasteiger partial charge in [-0.2, -0.15) is 0 Å². The molecule has 4 nitrogen and oxygen atoms in total. The van der Waals surface area contributed by atoms with Crippen LogP contribution in [0.25, 0.3) is 0 Å². The first-order valence-corrected chi connectivity index (χ1v) is 6.02. The number of nitrogens with one attached hydrogen (secondary N) is 1. The van der Waals surface area contributed by atoms with Crippen LogP contribution in [0.2, 0.25) is 0 Å². The van der Waals surface area contributed by atoms with Gasteiger partial charge in [0, 0.05) is 13.1 Å². The molecule has 1 N–H and O–H groups in total. The van der Waals surface area contributed by atoms with Crippen molar-refractivity contribution in [2.45, 2.75) is 37.8 Å². The highest BCUT2D eigenvalue weighted by Gasteiger charge is 2.43. The minimum atomic E-state index is -0.0828. The lowest BCUT2D eigenvalue weighted by atomic mass is 9.84. The van der Waals surface area contributed by atoms with Gasteiger partial charge in [0.05, 0.1) is 6.04 Å². The molecule has 1 amide bonds. The molecule has 0 aromatic rings. The molecule has 3 aliphatic rings. The molecule has 2 aliphatic heterocycles. The number of carbonyl (C=O) groups excluding carboxylic acids is 1. The molecule has 1 aliphatic carbocycles. The maximum absolute atomic E-state index is 11.7. The van der Waals surface area contributed by atoms with E-state index in [2.05, 4.69) is 5.32 Å². The van der Waals surface area contributed by atoms with Gasteiger partial charge in [-0.25, -0.2) is 4.79 Å². The predicted molar refractivity (Wildman–Crippen MR) is 55.6 cm³/mol. The van der Waals surface area contributed by atoms with Crippen LogP contribution >= 0.6 is 0 Å². The number of amides is 1. The lowest BCUT2D eigenvalue weighted by molar-refractivity contribution is 0.117. The molecule has 2 heterocycles. The zero-order valence-electron chi connectivity index (χ0n) is 8.95. The summed E-state index contributed by atoms with van der Waals surface area (Å²) in [5.74, 6) is 0.734. The molecule has 4 heteroatoms. The van der Waals surface area contributed by atoms with Gasteiger partial charge < -0.3 is 10.1 Å². The van der Waals surface area contributed by atoms with Crippen molar-refractivity contribution < 1.29 is 9.53 Å². The quantitative estimate of drug-likeness (QED) is 0.738. The fraction of sp³-hybridized carbons (Fsp3) is 0.909. The van der Waals surface area contributed by atoms with Crippen LogP contribution in [0.15, 0.2) is 0 Å². The largest absolute Gasteiger partial charge is 0.444 e. The molecular weight excluding hydrogens is 192 g/mol. The number of hydrogen-bond acceptors (Lipinski definition) is 3. The number of fused-ring (bicyclic) bond motifs is 1. The van der Waals surface area contributed by atoms with E-state index in [-0.39, 0.29) is 12.2 Å². The van der Waals surface area contributed by atoms with Crippen molar-refractivity contribution >= 4 is 6.09 Å². The molecule has 0 aromatic carbocycles. The SMILES string of the molecule is O=C1OC2CCNCC2N1CC1CCC1. The van der Waals surface area contributed by atoms with E-state index in [1.165, 1.54) is 19.3 Å². The molecule has 3 rings (SSSR count). The highest BCUT2D eigenvalue weighted by atomic mass is 16.6. The maximum Gasteiger partial charge on any atom is 0.410 e. The minimum Gasteiger partial charge on any atom is -0.444 e. The van der Waals surface area contributed by atoms with Crippen molar-refractivity contribution in [2.24, 2.45) is 5.92 Å². The third-order valence-electron chi connectivity index (χ3n) is 3.95. The number of hydrogen-bond donors (Lipinski definition) is 1. The van der Waals surface area contributed by atoms with Gasteiger partial charge in [-0.15, -0.1) is 0 Å². The second-order valence-corrected chi connectivity index (χ2v) is 4.93. The number of piperidine rings is 1. The predicted octanol–water partition coefficient (Wildman–Crippen LogP) is 0.969. The summed E-state index contributed by atoms with van der Waals surface area (Å²) >= 11 is 0. The number of ether oxygens (including phenoxy) is 1. The Bertz CT molecular complexity index is 265. The number of rotatable bonds is 2. The summed E-state index contributed by atoms with van der Waals surface area (Å²) in [7, 11) is 0. The average molecular weight is 210 g/mol. The smallest absolute Gasteiger partial charge is 0.410 e. The molecule has 2 saturated heterocycles. The van der Waals surface area contributed by atoms with Crippen molar-refractivity contribution in [1.29, 1.82) is 0 Å². The average Bonchev–Trinajstić information content (AvgIpc) is 2.48. The van der Waals surface area contributed by atoms with Gasteiger partial charge in [0.15, 0.2) is 0 Å². The summed E-state index contributed by atoms with van der Waals surface area (Å²) < 4.78 is 5.39. The van der Waals surface area contributed by atoms with Gasteiger partial charge in [-0.1, -0.05) is 6.42 Å².